The van der Waals surface area contributed by atoms with Crippen LogP contribution in [0.5, 0.6) is 0 Å². The first kappa shape index (κ1) is 11.7. The van der Waals surface area contributed by atoms with Crippen LogP contribution >= 0.6 is 11.3 Å². The Balaban J connectivity index is 1.70. The van der Waals surface area contributed by atoms with Crippen molar-refractivity contribution in [3.63, 3.8) is 0 Å². The largest absolute Gasteiger partial charge is 0.384 e. The highest BCUT2D eigenvalue weighted by atomic mass is 32.1. The molecule has 1 aliphatic carbocycles. The predicted octanol–water partition coefficient (Wildman–Crippen LogP) is 2.89. The Bertz CT molecular complexity index is 506. The summed E-state index contributed by atoms with van der Waals surface area (Å²) in [5.41, 5.74) is 8.20. The van der Waals surface area contributed by atoms with Crippen molar-refractivity contribution in [3.05, 3.63) is 46.3 Å². The van der Waals surface area contributed by atoms with E-state index >= 15 is 0 Å². The predicted molar refractivity (Wildman–Crippen MR) is 75.2 cm³/mol. The molecule has 2 N–H and O–H groups in total. The molecule has 3 rings (SSSR count). The highest BCUT2D eigenvalue weighted by Gasteiger charge is 2.29. The van der Waals surface area contributed by atoms with Crippen molar-refractivity contribution in [2.24, 2.45) is 0 Å². The second-order valence-electron chi connectivity index (χ2n) is 4.82. The van der Waals surface area contributed by atoms with Crippen LogP contribution in [-0.2, 0) is 13.1 Å². The number of nitrogen functional groups attached to an aromatic ring is 1. The van der Waals surface area contributed by atoms with E-state index in [1.165, 1.54) is 18.4 Å². The lowest BCUT2D eigenvalue weighted by atomic mass is 10.2. The molecule has 1 fully saturated rings. The van der Waals surface area contributed by atoms with Crippen LogP contribution in [0.1, 0.15) is 24.1 Å². The van der Waals surface area contributed by atoms with E-state index in [0.29, 0.717) is 5.82 Å². The van der Waals surface area contributed by atoms with Gasteiger partial charge in [-0.25, -0.2) is 4.98 Å². The van der Waals surface area contributed by atoms with Crippen molar-refractivity contribution < 1.29 is 0 Å². The van der Waals surface area contributed by atoms with E-state index in [4.69, 9.17) is 5.73 Å². The lowest BCUT2D eigenvalue weighted by molar-refractivity contribution is 0.243. The molecule has 2 aromatic heterocycles. The first-order chi connectivity index (χ1) is 8.81. The molecular weight excluding hydrogens is 242 g/mol. The van der Waals surface area contributed by atoms with E-state index in [2.05, 4.69) is 32.8 Å². The van der Waals surface area contributed by atoms with Crippen LogP contribution in [0, 0.1) is 0 Å². The molecule has 2 heterocycles. The van der Waals surface area contributed by atoms with Gasteiger partial charge in [-0.3, -0.25) is 4.90 Å². The third kappa shape index (κ3) is 2.89. The molecule has 0 unspecified atom stereocenters. The fraction of sp³-hybridized carbons (Fsp3) is 0.357. The summed E-state index contributed by atoms with van der Waals surface area (Å²) in [4.78, 5) is 6.89. The zero-order chi connectivity index (χ0) is 12.4. The second-order valence-corrected chi connectivity index (χ2v) is 5.60. The molecular formula is C14H17N3S. The molecule has 94 valence electrons. The first-order valence-corrected chi connectivity index (χ1v) is 7.22. The summed E-state index contributed by atoms with van der Waals surface area (Å²) in [6.45, 7) is 1.91. The number of rotatable bonds is 5. The van der Waals surface area contributed by atoms with Crippen LogP contribution in [0.4, 0.5) is 5.82 Å². The summed E-state index contributed by atoms with van der Waals surface area (Å²) in [5, 5.41) is 4.36. The molecule has 1 saturated carbocycles. The van der Waals surface area contributed by atoms with Gasteiger partial charge in [-0.1, -0.05) is 6.07 Å². The van der Waals surface area contributed by atoms with Crippen molar-refractivity contribution in [1.29, 1.82) is 0 Å². The SMILES string of the molecule is Nc1cccc(CN(Cc2ccsc2)C2CC2)n1. The summed E-state index contributed by atoms with van der Waals surface area (Å²) in [5.74, 6) is 0.610. The van der Waals surface area contributed by atoms with Gasteiger partial charge in [0.1, 0.15) is 5.82 Å². The van der Waals surface area contributed by atoms with Crippen molar-refractivity contribution in [3.8, 4) is 0 Å². The lowest BCUT2D eigenvalue weighted by Crippen LogP contribution is -2.25. The van der Waals surface area contributed by atoms with Crippen molar-refractivity contribution in [1.82, 2.24) is 9.88 Å². The molecule has 1 aliphatic rings. The molecule has 0 spiro atoms. The van der Waals surface area contributed by atoms with E-state index < -0.39 is 0 Å². The van der Waals surface area contributed by atoms with Crippen molar-refractivity contribution in [2.75, 3.05) is 5.73 Å². The van der Waals surface area contributed by atoms with Gasteiger partial charge >= 0.3 is 0 Å². The number of hydrogen-bond acceptors (Lipinski definition) is 4. The Morgan fingerprint density at radius 1 is 1.28 bits per heavy atom. The molecule has 0 aliphatic heterocycles. The molecule has 4 heteroatoms. The topological polar surface area (TPSA) is 42.1 Å². The Morgan fingerprint density at radius 3 is 2.83 bits per heavy atom. The van der Waals surface area contributed by atoms with Crippen LogP contribution < -0.4 is 5.73 Å². The number of thiophene rings is 1. The minimum Gasteiger partial charge on any atom is -0.384 e. The second kappa shape index (κ2) is 5.08. The number of anilines is 1. The van der Waals surface area contributed by atoms with Gasteiger partial charge in [0.15, 0.2) is 0 Å². The molecule has 3 nitrogen and oxygen atoms in total. The maximum absolute atomic E-state index is 5.73. The number of nitrogens with two attached hydrogens (primary N) is 1. The summed E-state index contributed by atoms with van der Waals surface area (Å²) >= 11 is 1.76. The number of pyridine rings is 1. The van der Waals surface area contributed by atoms with E-state index in [-0.39, 0.29) is 0 Å². The Kier molecular flexibility index (Phi) is 3.30. The quantitative estimate of drug-likeness (QED) is 0.897. The minimum atomic E-state index is 0.610. The Hall–Kier alpha value is -1.39. The molecule has 0 radical (unpaired) electrons. The zero-order valence-electron chi connectivity index (χ0n) is 10.2. The lowest BCUT2D eigenvalue weighted by Gasteiger charge is -2.21. The smallest absolute Gasteiger partial charge is 0.123 e. The van der Waals surface area contributed by atoms with Gasteiger partial charge in [-0.05, 0) is 47.4 Å². The molecule has 0 amide bonds. The summed E-state index contributed by atoms with van der Waals surface area (Å²) < 4.78 is 0. The summed E-state index contributed by atoms with van der Waals surface area (Å²) in [7, 11) is 0. The van der Waals surface area contributed by atoms with E-state index in [9.17, 15) is 0 Å². The molecule has 0 saturated heterocycles. The first-order valence-electron chi connectivity index (χ1n) is 6.28. The Morgan fingerprint density at radius 2 is 2.17 bits per heavy atom. The third-order valence-corrected chi connectivity index (χ3v) is 3.95. The number of hydrogen-bond donors (Lipinski definition) is 1. The molecule has 0 atom stereocenters. The molecule has 0 aromatic carbocycles. The van der Waals surface area contributed by atoms with Crippen LogP contribution in [0.2, 0.25) is 0 Å². The molecule has 18 heavy (non-hydrogen) atoms. The average Bonchev–Trinajstić information content (AvgIpc) is 3.08. The van der Waals surface area contributed by atoms with Gasteiger partial charge in [0.2, 0.25) is 0 Å². The maximum Gasteiger partial charge on any atom is 0.123 e. The number of nitrogens with zero attached hydrogens (tertiary/aromatic N) is 2. The normalized spacial score (nSPS) is 15.2. The summed E-state index contributed by atoms with van der Waals surface area (Å²) in [6, 6.07) is 8.80. The van der Waals surface area contributed by atoms with Gasteiger partial charge in [0, 0.05) is 19.1 Å². The average molecular weight is 259 g/mol. The molecule has 0 bridgehead atoms. The van der Waals surface area contributed by atoms with Gasteiger partial charge < -0.3 is 5.73 Å². The fourth-order valence-corrected chi connectivity index (χ4v) is 2.83. The van der Waals surface area contributed by atoms with E-state index in [1.807, 2.05) is 12.1 Å². The van der Waals surface area contributed by atoms with Crippen LogP contribution in [0.25, 0.3) is 0 Å². The van der Waals surface area contributed by atoms with Crippen LogP contribution in [0.3, 0.4) is 0 Å². The molecule has 2 aromatic rings. The van der Waals surface area contributed by atoms with Gasteiger partial charge in [0.25, 0.3) is 0 Å². The highest BCUT2D eigenvalue weighted by Crippen LogP contribution is 2.30. The van der Waals surface area contributed by atoms with Crippen molar-refractivity contribution in [2.45, 2.75) is 32.0 Å². The minimum absolute atomic E-state index is 0.610. The number of aromatic nitrogens is 1. The van der Waals surface area contributed by atoms with Crippen LogP contribution in [-0.4, -0.2) is 15.9 Å². The van der Waals surface area contributed by atoms with Gasteiger partial charge in [-0.15, -0.1) is 0 Å². The van der Waals surface area contributed by atoms with Crippen molar-refractivity contribution >= 4 is 17.2 Å². The maximum atomic E-state index is 5.73. The standard InChI is InChI=1S/C14H17N3S/c15-14-3-1-2-12(16-14)9-17(13-4-5-13)8-11-6-7-18-10-11/h1-3,6-7,10,13H,4-5,8-9H2,(H2,15,16). The van der Waals surface area contributed by atoms with E-state index in [0.717, 1.165) is 24.8 Å². The third-order valence-electron chi connectivity index (χ3n) is 3.22. The Labute approximate surface area is 111 Å². The monoisotopic (exact) mass is 259 g/mol. The summed E-state index contributed by atoms with van der Waals surface area (Å²) in [6.07, 6.45) is 2.62. The van der Waals surface area contributed by atoms with Gasteiger partial charge in [-0.2, -0.15) is 11.3 Å². The van der Waals surface area contributed by atoms with Gasteiger partial charge in [0.05, 0.1) is 5.69 Å². The highest BCUT2D eigenvalue weighted by molar-refractivity contribution is 7.07. The van der Waals surface area contributed by atoms with Crippen LogP contribution in [0.15, 0.2) is 35.0 Å². The fourth-order valence-electron chi connectivity index (χ4n) is 2.17. The van der Waals surface area contributed by atoms with E-state index in [1.54, 1.807) is 11.3 Å². The zero-order valence-corrected chi connectivity index (χ0v) is 11.1.